The number of rotatable bonds is 8. The first-order valence-corrected chi connectivity index (χ1v) is 9.00. The Morgan fingerprint density at radius 3 is 2.32 bits per heavy atom. The van der Waals surface area contributed by atoms with E-state index in [-0.39, 0.29) is 24.5 Å². The average Bonchev–Trinajstić information content (AvgIpc) is 2.96. The molecular formula is C20H25N3O5. The van der Waals surface area contributed by atoms with Gasteiger partial charge in [-0.25, -0.2) is 4.79 Å². The summed E-state index contributed by atoms with van der Waals surface area (Å²) in [6, 6.07) is 7.96. The predicted octanol–water partition coefficient (Wildman–Crippen LogP) is 1.30. The first-order valence-electron chi connectivity index (χ1n) is 9.00. The van der Waals surface area contributed by atoms with E-state index in [9.17, 15) is 19.2 Å². The Morgan fingerprint density at radius 2 is 1.75 bits per heavy atom. The molecule has 2 aromatic rings. The van der Waals surface area contributed by atoms with Crippen LogP contribution >= 0.6 is 0 Å². The average molecular weight is 387 g/mol. The van der Waals surface area contributed by atoms with E-state index in [1.165, 1.54) is 0 Å². The van der Waals surface area contributed by atoms with Gasteiger partial charge in [-0.05, 0) is 18.1 Å². The quantitative estimate of drug-likeness (QED) is 0.398. The number of esters is 2. The largest absolute Gasteiger partial charge is 0.392 e. The van der Waals surface area contributed by atoms with Gasteiger partial charge in [-0.15, -0.1) is 0 Å². The summed E-state index contributed by atoms with van der Waals surface area (Å²) in [6.07, 6.45) is -0.554. The van der Waals surface area contributed by atoms with E-state index in [1.807, 2.05) is 24.3 Å². The highest BCUT2D eigenvalue weighted by Gasteiger charge is 2.37. The Bertz CT molecular complexity index is 916. The molecule has 0 aliphatic rings. The van der Waals surface area contributed by atoms with Gasteiger partial charge in [0, 0.05) is 24.4 Å². The fraction of sp³-hybridized carbons (Fsp3) is 0.400. The maximum Gasteiger partial charge on any atom is 0.331 e. The highest BCUT2D eigenvalue weighted by molar-refractivity contribution is 6.04. The van der Waals surface area contributed by atoms with Crippen LogP contribution in [0.15, 0.2) is 30.3 Å². The Morgan fingerprint density at radius 1 is 1.11 bits per heavy atom. The van der Waals surface area contributed by atoms with Crippen molar-refractivity contribution in [2.45, 2.75) is 32.7 Å². The van der Waals surface area contributed by atoms with Gasteiger partial charge < -0.3 is 20.8 Å². The third-order valence-corrected chi connectivity index (χ3v) is 4.67. The topological polar surface area (TPSA) is 134 Å². The molecule has 1 heterocycles. The van der Waals surface area contributed by atoms with Crippen LogP contribution < -0.4 is 11.5 Å². The summed E-state index contributed by atoms with van der Waals surface area (Å²) in [7, 11) is 1.77. The highest BCUT2D eigenvalue weighted by Crippen LogP contribution is 2.25. The summed E-state index contributed by atoms with van der Waals surface area (Å²) >= 11 is 0. The number of carbonyl (C=O) groups is 4. The molecule has 2 atom stereocenters. The number of benzene rings is 1. The van der Waals surface area contributed by atoms with E-state index < -0.39 is 29.8 Å². The third kappa shape index (κ3) is 4.64. The fourth-order valence-electron chi connectivity index (χ4n) is 3.18. The minimum atomic E-state index is -1.32. The predicted molar refractivity (Wildman–Crippen MR) is 103 cm³/mol. The molecule has 8 heteroatoms. The summed E-state index contributed by atoms with van der Waals surface area (Å²) in [4.78, 5) is 47.9. The minimum Gasteiger partial charge on any atom is -0.392 e. The van der Waals surface area contributed by atoms with Crippen LogP contribution in [-0.4, -0.2) is 34.2 Å². The third-order valence-electron chi connectivity index (χ3n) is 4.67. The van der Waals surface area contributed by atoms with Crippen LogP contribution in [0.25, 0.3) is 10.9 Å². The molecular weight excluding hydrogens is 362 g/mol. The number of hydrogen-bond acceptors (Lipinski definition) is 6. The van der Waals surface area contributed by atoms with E-state index in [0.29, 0.717) is 5.69 Å². The lowest BCUT2D eigenvalue weighted by atomic mass is 9.84. The van der Waals surface area contributed by atoms with Gasteiger partial charge in [0.15, 0.2) is 5.78 Å². The lowest BCUT2D eigenvalue weighted by molar-refractivity contribution is -0.162. The standard InChI is InChI=1S/C20H25N3O5/c1-11(2)17(18(22)20(27)28-16(25)9-8-15(21)24)19(26)14-10-12-6-4-5-7-13(12)23(14)3/h4-7,10-11,17-18H,8-9,22H2,1-3H3,(H2,21,24)/t17-,18-/m0/s1. The second-order valence-electron chi connectivity index (χ2n) is 7.07. The molecule has 8 nitrogen and oxygen atoms in total. The van der Waals surface area contributed by atoms with Crippen LogP contribution in [0.3, 0.4) is 0 Å². The summed E-state index contributed by atoms with van der Waals surface area (Å²) in [5.41, 5.74) is 12.3. The number of Topliss-reactive ketones (excluding diaryl/α,β-unsaturated/α-hetero) is 1. The second kappa shape index (κ2) is 8.79. The Labute approximate surface area is 162 Å². The van der Waals surface area contributed by atoms with Gasteiger partial charge in [-0.3, -0.25) is 14.4 Å². The molecule has 0 spiro atoms. The number of ketones is 1. The lowest BCUT2D eigenvalue weighted by Gasteiger charge is -2.24. The number of para-hydroxylation sites is 1. The van der Waals surface area contributed by atoms with Gasteiger partial charge in [-0.2, -0.15) is 0 Å². The van der Waals surface area contributed by atoms with Gasteiger partial charge in [0.2, 0.25) is 5.91 Å². The number of nitrogens with zero attached hydrogens (tertiary/aromatic N) is 1. The molecule has 0 saturated carbocycles. The van der Waals surface area contributed by atoms with E-state index >= 15 is 0 Å². The van der Waals surface area contributed by atoms with E-state index in [0.717, 1.165) is 10.9 Å². The van der Waals surface area contributed by atoms with E-state index in [2.05, 4.69) is 0 Å². The molecule has 0 aliphatic heterocycles. The van der Waals surface area contributed by atoms with E-state index in [4.69, 9.17) is 16.2 Å². The number of fused-ring (bicyclic) bond motifs is 1. The van der Waals surface area contributed by atoms with Crippen LogP contribution in [0, 0.1) is 11.8 Å². The minimum absolute atomic E-state index is 0.232. The molecule has 0 fully saturated rings. The number of aromatic nitrogens is 1. The molecule has 0 bridgehead atoms. The Kier molecular flexibility index (Phi) is 6.69. The fourth-order valence-corrected chi connectivity index (χ4v) is 3.18. The molecule has 4 N–H and O–H groups in total. The van der Waals surface area contributed by atoms with Crippen molar-refractivity contribution < 1.29 is 23.9 Å². The highest BCUT2D eigenvalue weighted by atomic mass is 16.6. The molecule has 0 unspecified atom stereocenters. The van der Waals surface area contributed by atoms with Crippen LogP contribution in [0.2, 0.25) is 0 Å². The van der Waals surface area contributed by atoms with Crippen molar-refractivity contribution in [2.75, 3.05) is 0 Å². The van der Waals surface area contributed by atoms with Gasteiger partial charge in [0.1, 0.15) is 6.04 Å². The van der Waals surface area contributed by atoms with Crippen molar-refractivity contribution in [2.24, 2.45) is 30.4 Å². The second-order valence-corrected chi connectivity index (χ2v) is 7.07. The van der Waals surface area contributed by atoms with Crippen LogP contribution in [-0.2, 0) is 26.2 Å². The zero-order valence-electron chi connectivity index (χ0n) is 16.2. The first-order chi connectivity index (χ1) is 13.1. The number of nitrogens with two attached hydrogens (primary N) is 2. The van der Waals surface area contributed by atoms with Crippen molar-refractivity contribution in [1.82, 2.24) is 4.57 Å². The monoisotopic (exact) mass is 387 g/mol. The number of amides is 1. The lowest BCUT2D eigenvalue weighted by Crippen LogP contribution is -2.46. The number of ether oxygens (including phenoxy) is 1. The summed E-state index contributed by atoms with van der Waals surface area (Å²) in [5.74, 6) is -4.03. The van der Waals surface area contributed by atoms with E-state index in [1.54, 1.807) is 31.5 Å². The maximum atomic E-state index is 13.2. The van der Waals surface area contributed by atoms with Crippen molar-refractivity contribution in [3.63, 3.8) is 0 Å². The van der Waals surface area contributed by atoms with Gasteiger partial charge in [0.25, 0.3) is 0 Å². The Hall–Kier alpha value is -3.00. The SMILES string of the molecule is CC(C)[C@H](C(=O)c1cc2ccccc2n1C)[C@H](N)C(=O)OC(=O)CCC(N)=O. The first kappa shape index (κ1) is 21.3. The molecule has 2 rings (SSSR count). The van der Waals surface area contributed by atoms with Crippen molar-refractivity contribution in [1.29, 1.82) is 0 Å². The zero-order valence-corrected chi connectivity index (χ0v) is 16.2. The molecule has 1 amide bonds. The van der Waals surface area contributed by atoms with Crippen molar-refractivity contribution in [3.8, 4) is 0 Å². The number of hydrogen-bond donors (Lipinski definition) is 2. The molecule has 28 heavy (non-hydrogen) atoms. The molecule has 1 aromatic carbocycles. The summed E-state index contributed by atoms with van der Waals surface area (Å²) < 4.78 is 6.45. The molecule has 0 saturated heterocycles. The smallest absolute Gasteiger partial charge is 0.331 e. The van der Waals surface area contributed by atoms with Crippen molar-refractivity contribution in [3.05, 3.63) is 36.0 Å². The molecule has 0 aliphatic carbocycles. The van der Waals surface area contributed by atoms with Crippen molar-refractivity contribution >= 4 is 34.5 Å². The summed E-state index contributed by atoms with van der Waals surface area (Å²) in [6.45, 7) is 3.54. The zero-order chi connectivity index (χ0) is 21.0. The van der Waals surface area contributed by atoms with Gasteiger partial charge in [-0.1, -0.05) is 32.0 Å². The normalized spacial score (nSPS) is 13.3. The van der Waals surface area contributed by atoms with Crippen LogP contribution in [0.4, 0.5) is 0 Å². The van der Waals surface area contributed by atoms with Crippen LogP contribution in [0.1, 0.15) is 37.2 Å². The number of primary amides is 1. The summed E-state index contributed by atoms with van der Waals surface area (Å²) in [5, 5.41) is 0.897. The van der Waals surface area contributed by atoms with Gasteiger partial charge >= 0.3 is 11.9 Å². The Balaban J connectivity index is 2.22. The molecule has 1 aromatic heterocycles. The number of carbonyl (C=O) groups excluding carboxylic acids is 4. The molecule has 0 radical (unpaired) electrons. The maximum absolute atomic E-state index is 13.2. The van der Waals surface area contributed by atoms with Gasteiger partial charge in [0.05, 0.1) is 18.0 Å². The van der Waals surface area contributed by atoms with Crippen LogP contribution in [0.5, 0.6) is 0 Å². The molecule has 150 valence electrons. The number of aryl methyl sites for hydroxylation is 1.